The molecule has 2 fully saturated rings. The molecule has 8 heteroatoms. The Bertz CT molecular complexity index is 1170. The van der Waals surface area contributed by atoms with E-state index < -0.39 is 0 Å². The molecule has 0 spiro atoms. The standard InChI is InChI=1S/C24H26N4O4/c1-15-26-21(11-22(31)28(15)13-18(30)6-7-24(14-29)8-9-24)19-5-2-16(12-25)10-20(19)27-23(32)17-3-4-17/h2,5,10-11,17,29H,3-4,6-9,13-14H2,1H3,(H,27,32). The van der Waals surface area contributed by atoms with E-state index in [9.17, 15) is 24.8 Å². The number of rotatable bonds is 9. The van der Waals surface area contributed by atoms with Crippen LogP contribution in [0.2, 0.25) is 0 Å². The summed E-state index contributed by atoms with van der Waals surface area (Å²) in [6.45, 7) is 1.71. The molecule has 1 aromatic heterocycles. The number of anilines is 1. The van der Waals surface area contributed by atoms with Crippen molar-refractivity contribution in [3.63, 3.8) is 0 Å². The Labute approximate surface area is 185 Å². The van der Waals surface area contributed by atoms with Gasteiger partial charge in [0, 0.05) is 30.6 Å². The number of benzene rings is 1. The summed E-state index contributed by atoms with van der Waals surface area (Å²) in [6, 6.07) is 8.27. The number of nitrogens with zero attached hydrogens (tertiary/aromatic N) is 3. The SMILES string of the molecule is Cc1nc(-c2ccc(C#N)cc2NC(=O)C2CC2)cc(=O)n1CC(=O)CCC1(CO)CC1. The quantitative estimate of drug-likeness (QED) is 0.625. The van der Waals surface area contributed by atoms with Crippen molar-refractivity contribution in [1.82, 2.24) is 9.55 Å². The lowest BCUT2D eigenvalue weighted by molar-refractivity contribution is -0.120. The van der Waals surface area contributed by atoms with Crippen LogP contribution in [-0.4, -0.2) is 33.0 Å². The monoisotopic (exact) mass is 434 g/mol. The van der Waals surface area contributed by atoms with E-state index >= 15 is 0 Å². The molecule has 0 aliphatic heterocycles. The van der Waals surface area contributed by atoms with Crippen molar-refractivity contribution in [3.8, 4) is 17.3 Å². The van der Waals surface area contributed by atoms with Crippen molar-refractivity contribution < 1.29 is 14.7 Å². The fraction of sp³-hybridized carbons (Fsp3) is 0.458. The van der Waals surface area contributed by atoms with E-state index in [-0.39, 0.29) is 41.7 Å². The van der Waals surface area contributed by atoms with Crippen molar-refractivity contribution in [3.05, 3.63) is 46.0 Å². The van der Waals surface area contributed by atoms with Gasteiger partial charge < -0.3 is 10.4 Å². The average Bonchev–Trinajstić information content (AvgIpc) is 3.69. The van der Waals surface area contributed by atoms with Crippen molar-refractivity contribution in [2.75, 3.05) is 11.9 Å². The van der Waals surface area contributed by atoms with Crippen molar-refractivity contribution in [2.45, 2.75) is 52.0 Å². The van der Waals surface area contributed by atoms with Gasteiger partial charge in [0.15, 0.2) is 5.78 Å². The highest BCUT2D eigenvalue weighted by Crippen LogP contribution is 2.49. The lowest BCUT2D eigenvalue weighted by Crippen LogP contribution is -2.27. The van der Waals surface area contributed by atoms with Gasteiger partial charge in [0.1, 0.15) is 5.82 Å². The first kappa shape index (κ1) is 21.9. The molecule has 2 aliphatic rings. The number of hydrogen-bond donors (Lipinski definition) is 2. The summed E-state index contributed by atoms with van der Waals surface area (Å²) in [4.78, 5) is 42.0. The lowest BCUT2D eigenvalue weighted by Gasteiger charge is -2.14. The topological polar surface area (TPSA) is 125 Å². The smallest absolute Gasteiger partial charge is 0.254 e. The molecule has 1 heterocycles. The molecule has 2 aromatic rings. The number of aliphatic hydroxyl groups excluding tert-OH is 1. The summed E-state index contributed by atoms with van der Waals surface area (Å²) >= 11 is 0. The van der Waals surface area contributed by atoms with E-state index in [2.05, 4.69) is 16.4 Å². The molecule has 2 aliphatic carbocycles. The molecule has 32 heavy (non-hydrogen) atoms. The third-order valence-corrected chi connectivity index (χ3v) is 6.39. The normalized spacial score (nSPS) is 16.3. The first-order valence-corrected chi connectivity index (χ1v) is 10.9. The number of nitrogens with one attached hydrogen (secondary N) is 1. The Morgan fingerprint density at radius 1 is 1.31 bits per heavy atom. The fourth-order valence-electron chi connectivity index (χ4n) is 3.80. The summed E-state index contributed by atoms with van der Waals surface area (Å²) in [5.74, 6) is 0.212. The van der Waals surface area contributed by atoms with Gasteiger partial charge in [-0.3, -0.25) is 19.0 Å². The van der Waals surface area contributed by atoms with Crippen LogP contribution in [-0.2, 0) is 16.1 Å². The van der Waals surface area contributed by atoms with Crippen molar-refractivity contribution >= 4 is 17.4 Å². The van der Waals surface area contributed by atoms with Gasteiger partial charge in [0.25, 0.3) is 5.56 Å². The Hall–Kier alpha value is -3.31. The Balaban J connectivity index is 1.56. The number of carbonyl (C=O) groups is 2. The predicted molar refractivity (Wildman–Crippen MR) is 118 cm³/mol. The second kappa shape index (κ2) is 8.67. The second-order valence-corrected chi connectivity index (χ2v) is 8.95. The zero-order chi connectivity index (χ0) is 22.9. The minimum Gasteiger partial charge on any atom is -0.396 e. The first-order chi connectivity index (χ1) is 15.3. The molecule has 0 saturated heterocycles. The van der Waals surface area contributed by atoms with E-state index in [1.54, 1.807) is 25.1 Å². The highest BCUT2D eigenvalue weighted by Gasteiger charge is 2.41. The zero-order valence-corrected chi connectivity index (χ0v) is 18.1. The number of Topliss-reactive ketones (excluding diaryl/α,β-unsaturated/α-hetero) is 1. The molecule has 0 bridgehead atoms. The van der Waals surface area contributed by atoms with Crippen LogP contribution < -0.4 is 10.9 Å². The van der Waals surface area contributed by atoms with E-state index in [1.165, 1.54) is 10.6 Å². The number of ketones is 1. The number of carbonyl (C=O) groups excluding carboxylic acids is 2. The van der Waals surface area contributed by atoms with Crippen LogP contribution in [0.1, 0.15) is 49.9 Å². The van der Waals surface area contributed by atoms with Gasteiger partial charge in [-0.05, 0) is 62.6 Å². The molecule has 0 atom stereocenters. The predicted octanol–water partition coefficient (Wildman–Crippen LogP) is 2.56. The molecule has 8 nitrogen and oxygen atoms in total. The second-order valence-electron chi connectivity index (χ2n) is 8.95. The Morgan fingerprint density at radius 3 is 2.66 bits per heavy atom. The van der Waals surface area contributed by atoms with E-state index in [0.717, 1.165) is 25.7 Å². The van der Waals surface area contributed by atoms with Gasteiger partial charge in [0.05, 0.1) is 29.6 Å². The average molecular weight is 434 g/mol. The summed E-state index contributed by atoms with van der Waals surface area (Å²) in [5.41, 5.74) is 1.31. The Morgan fingerprint density at radius 2 is 2.06 bits per heavy atom. The number of nitriles is 1. The van der Waals surface area contributed by atoms with Crippen LogP contribution in [0.25, 0.3) is 11.3 Å². The maximum atomic E-state index is 12.8. The van der Waals surface area contributed by atoms with Crippen LogP contribution in [0.3, 0.4) is 0 Å². The van der Waals surface area contributed by atoms with Crippen LogP contribution in [0.5, 0.6) is 0 Å². The molecule has 2 saturated carbocycles. The van der Waals surface area contributed by atoms with Gasteiger partial charge >= 0.3 is 0 Å². The van der Waals surface area contributed by atoms with Crippen molar-refractivity contribution in [1.29, 1.82) is 5.26 Å². The highest BCUT2D eigenvalue weighted by atomic mass is 16.3. The molecule has 2 N–H and O–H groups in total. The largest absolute Gasteiger partial charge is 0.396 e. The van der Waals surface area contributed by atoms with Crippen molar-refractivity contribution in [2.24, 2.45) is 11.3 Å². The molecule has 4 rings (SSSR count). The van der Waals surface area contributed by atoms with Crippen LogP contribution >= 0.6 is 0 Å². The summed E-state index contributed by atoms with van der Waals surface area (Å²) in [5, 5.41) is 21.5. The number of hydrogen-bond acceptors (Lipinski definition) is 6. The molecule has 166 valence electrons. The molecule has 1 amide bonds. The maximum Gasteiger partial charge on any atom is 0.254 e. The van der Waals surface area contributed by atoms with Crippen LogP contribution in [0.15, 0.2) is 29.1 Å². The van der Waals surface area contributed by atoms with Gasteiger partial charge in [-0.2, -0.15) is 5.26 Å². The third kappa shape index (κ3) is 4.78. The van der Waals surface area contributed by atoms with Gasteiger partial charge in [-0.15, -0.1) is 0 Å². The number of aliphatic hydroxyl groups is 1. The van der Waals surface area contributed by atoms with E-state index in [0.29, 0.717) is 41.2 Å². The molecule has 0 radical (unpaired) electrons. The third-order valence-electron chi connectivity index (χ3n) is 6.39. The first-order valence-electron chi connectivity index (χ1n) is 10.9. The Kier molecular flexibility index (Phi) is 5.94. The number of aromatic nitrogens is 2. The lowest BCUT2D eigenvalue weighted by atomic mass is 10.00. The molecular formula is C24H26N4O4. The fourth-order valence-corrected chi connectivity index (χ4v) is 3.80. The van der Waals surface area contributed by atoms with Gasteiger partial charge in [0.2, 0.25) is 5.91 Å². The minimum atomic E-state index is -0.354. The summed E-state index contributed by atoms with van der Waals surface area (Å²) in [6.07, 6.45) is 4.53. The highest BCUT2D eigenvalue weighted by molar-refractivity contribution is 5.97. The van der Waals surface area contributed by atoms with Crippen LogP contribution in [0.4, 0.5) is 5.69 Å². The van der Waals surface area contributed by atoms with Crippen LogP contribution in [0, 0.1) is 29.6 Å². The molecule has 0 unspecified atom stereocenters. The molecule has 1 aromatic carbocycles. The number of amides is 1. The van der Waals surface area contributed by atoms with E-state index in [1.807, 2.05) is 0 Å². The maximum absolute atomic E-state index is 12.8. The van der Waals surface area contributed by atoms with Gasteiger partial charge in [-0.25, -0.2) is 4.98 Å². The summed E-state index contributed by atoms with van der Waals surface area (Å²) in [7, 11) is 0. The molecular weight excluding hydrogens is 408 g/mol. The van der Waals surface area contributed by atoms with Gasteiger partial charge in [-0.1, -0.05) is 0 Å². The summed E-state index contributed by atoms with van der Waals surface area (Å²) < 4.78 is 1.34. The zero-order valence-electron chi connectivity index (χ0n) is 18.1. The number of aryl methyl sites for hydroxylation is 1. The minimum absolute atomic E-state index is 0.0112. The van der Waals surface area contributed by atoms with E-state index in [4.69, 9.17) is 0 Å².